The fourth-order valence-corrected chi connectivity index (χ4v) is 8.77. The van der Waals surface area contributed by atoms with Crippen LogP contribution >= 0.6 is 0 Å². The van der Waals surface area contributed by atoms with E-state index in [0.717, 1.165) is 61.0 Å². The van der Waals surface area contributed by atoms with Crippen LogP contribution in [0.5, 0.6) is 0 Å². The number of benzene rings is 8. The number of rotatable bonds is 4. The molecule has 0 amide bonds. The van der Waals surface area contributed by atoms with Gasteiger partial charge in [-0.05, 0) is 83.9 Å². The molecule has 8 aromatic carbocycles. The van der Waals surface area contributed by atoms with E-state index in [4.69, 9.17) is 0 Å². The maximum Gasteiger partial charge on any atom is 0.0998 e. The Bertz CT molecular complexity index is 3400. The van der Waals surface area contributed by atoms with Crippen molar-refractivity contribution in [3.05, 3.63) is 187 Å². The highest BCUT2D eigenvalue weighted by Crippen LogP contribution is 2.40. The third-order valence-corrected chi connectivity index (χ3v) is 11.1. The molecule has 0 spiro atoms. The molecule has 5 nitrogen and oxygen atoms in total. The lowest BCUT2D eigenvalue weighted by Crippen LogP contribution is -1.97. The molecule has 254 valence electrons. The predicted molar refractivity (Wildman–Crippen MR) is 224 cm³/mol. The number of hydrogen-bond acceptors (Lipinski definition) is 2. The summed E-state index contributed by atoms with van der Waals surface area (Å²) in [4.78, 5) is 0. The van der Waals surface area contributed by atoms with Crippen molar-refractivity contribution < 1.29 is 0 Å². The average Bonchev–Trinajstić information content (AvgIpc) is 3.89. The van der Waals surface area contributed by atoms with Crippen molar-refractivity contribution in [2.75, 3.05) is 0 Å². The Balaban J connectivity index is 1.05. The molecular formula is C50H29N5. The summed E-state index contributed by atoms with van der Waals surface area (Å²) >= 11 is 0. The van der Waals surface area contributed by atoms with Gasteiger partial charge in [-0.3, -0.25) is 0 Å². The number of fused-ring (bicyclic) bond motifs is 9. The van der Waals surface area contributed by atoms with Crippen molar-refractivity contribution in [3.63, 3.8) is 0 Å². The SMILES string of the molecule is N#Cc1ccc2c3ccccc3n(-c3ccc(-c4ccc(-n5c6ccccc6c6c(-n7c8ccccc8c8ccccc87)cccc65)cc4)c(C#N)c3)c2c1. The topological polar surface area (TPSA) is 62.4 Å². The number of hydrogen-bond donors (Lipinski definition) is 0. The second-order valence-corrected chi connectivity index (χ2v) is 14.0. The van der Waals surface area contributed by atoms with Gasteiger partial charge in [0.2, 0.25) is 0 Å². The summed E-state index contributed by atoms with van der Waals surface area (Å²) in [5, 5.41) is 27.2. The Labute approximate surface area is 316 Å². The zero-order valence-corrected chi connectivity index (χ0v) is 29.5. The van der Waals surface area contributed by atoms with Crippen LogP contribution in [0.1, 0.15) is 11.1 Å². The van der Waals surface area contributed by atoms with Crippen LogP contribution in [0.15, 0.2) is 176 Å². The van der Waals surface area contributed by atoms with Crippen molar-refractivity contribution in [2.45, 2.75) is 0 Å². The molecule has 11 aromatic rings. The van der Waals surface area contributed by atoms with Crippen LogP contribution in [0, 0.1) is 22.7 Å². The fourth-order valence-electron chi connectivity index (χ4n) is 8.77. The molecule has 0 radical (unpaired) electrons. The molecule has 0 saturated carbocycles. The lowest BCUT2D eigenvalue weighted by Gasteiger charge is -2.13. The summed E-state index contributed by atoms with van der Waals surface area (Å²) < 4.78 is 6.90. The Morgan fingerprint density at radius 3 is 1.53 bits per heavy atom. The molecule has 0 saturated heterocycles. The number of nitriles is 2. The first-order chi connectivity index (χ1) is 27.2. The van der Waals surface area contributed by atoms with Crippen LogP contribution in [-0.4, -0.2) is 13.7 Å². The van der Waals surface area contributed by atoms with E-state index < -0.39 is 0 Å². The number of para-hydroxylation sites is 4. The smallest absolute Gasteiger partial charge is 0.0998 e. The van der Waals surface area contributed by atoms with Crippen LogP contribution in [0.2, 0.25) is 0 Å². The first-order valence-electron chi connectivity index (χ1n) is 18.3. The summed E-state index contributed by atoms with van der Waals surface area (Å²) in [6, 6.07) is 65.9. The van der Waals surface area contributed by atoms with Gasteiger partial charge in [-0.25, -0.2) is 0 Å². The molecule has 0 aliphatic rings. The Morgan fingerprint density at radius 1 is 0.364 bits per heavy atom. The van der Waals surface area contributed by atoms with Crippen molar-refractivity contribution in [3.8, 4) is 40.3 Å². The molecule has 0 bridgehead atoms. The number of aromatic nitrogens is 3. The van der Waals surface area contributed by atoms with Crippen LogP contribution in [0.4, 0.5) is 0 Å². The van der Waals surface area contributed by atoms with Gasteiger partial charge in [-0.15, -0.1) is 0 Å². The molecule has 5 heteroatoms. The quantitative estimate of drug-likeness (QED) is 0.184. The zero-order chi connectivity index (χ0) is 36.6. The van der Waals surface area contributed by atoms with Crippen molar-refractivity contribution in [1.29, 1.82) is 10.5 Å². The van der Waals surface area contributed by atoms with Gasteiger partial charge in [0.05, 0.1) is 62.1 Å². The fraction of sp³-hybridized carbons (Fsp3) is 0. The standard InChI is InChI=1S/C50H29N5/c51-30-32-20-26-41-40-12-1-5-14-43(40)54(49(41)28-32)36-25-27-37(34(29-36)31-52)33-21-23-35(24-22-33)53-46-17-8-4-13-42(46)50-47(53)18-9-19-48(50)55-44-15-6-2-10-38(44)39-11-3-7-16-45(39)55/h1-29H. The predicted octanol–water partition coefficient (Wildman–Crippen LogP) is 12.4. The minimum Gasteiger partial charge on any atom is -0.309 e. The molecule has 0 aliphatic carbocycles. The average molecular weight is 700 g/mol. The molecule has 0 atom stereocenters. The van der Waals surface area contributed by atoms with E-state index in [9.17, 15) is 10.5 Å². The second-order valence-electron chi connectivity index (χ2n) is 14.0. The molecule has 3 aromatic heterocycles. The van der Waals surface area contributed by atoms with E-state index in [1.165, 1.54) is 32.6 Å². The van der Waals surface area contributed by atoms with Gasteiger partial charge in [0, 0.05) is 43.7 Å². The van der Waals surface area contributed by atoms with E-state index in [0.29, 0.717) is 11.1 Å². The first-order valence-corrected chi connectivity index (χ1v) is 18.3. The maximum absolute atomic E-state index is 10.5. The Morgan fingerprint density at radius 2 is 0.891 bits per heavy atom. The summed E-state index contributed by atoms with van der Waals surface area (Å²) in [5.74, 6) is 0. The summed E-state index contributed by atoms with van der Waals surface area (Å²) in [7, 11) is 0. The van der Waals surface area contributed by atoms with Crippen molar-refractivity contribution in [1.82, 2.24) is 13.7 Å². The van der Waals surface area contributed by atoms with Gasteiger partial charge in [0.15, 0.2) is 0 Å². The van der Waals surface area contributed by atoms with E-state index in [1.54, 1.807) is 0 Å². The molecule has 0 unspecified atom stereocenters. The minimum atomic E-state index is 0.584. The van der Waals surface area contributed by atoms with E-state index in [-0.39, 0.29) is 0 Å². The molecule has 55 heavy (non-hydrogen) atoms. The normalized spacial score (nSPS) is 11.6. The van der Waals surface area contributed by atoms with Crippen LogP contribution in [-0.2, 0) is 0 Å². The third kappa shape index (κ3) is 4.45. The molecule has 11 rings (SSSR count). The van der Waals surface area contributed by atoms with E-state index in [1.807, 2.05) is 42.5 Å². The highest BCUT2D eigenvalue weighted by atomic mass is 15.0. The van der Waals surface area contributed by atoms with Gasteiger partial charge in [-0.1, -0.05) is 103 Å². The lowest BCUT2D eigenvalue weighted by molar-refractivity contribution is 1.17. The Hall–Kier alpha value is -7.86. The van der Waals surface area contributed by atoms with Gasteiger partial charge in [0.1, 0.15) is 0 Å². The zero-order valence-electron chi connectivity index (χ0n) is 29.5. The van der Waals surface area contributed by atoms with E-state index in [2.05, 4.69) is 159 Å². The van der Waals surface area contributed by atoms with Crippen LogP contribution < -0.4 is 0 Å². The minimum absolute atomic E-state index is 0.584. The third-order valence-electron chi connectivity index (χ3n) is 11.1. The molecular weight excluding hydrogens is 671 g/mol. The summed E-state index contributed by atoms with van der Waals surface area (Å²) in [6.07, 6.45) is 0. The Kier molecular flexibility index (Phi) is 6.61. The molecule has 0 N–H and O–H groups in total. The van der Waals surface area contributed by atoms with Crippen LogP contribution in [0.25, 0.3) is 93.6 Å². The van der Waals surface area contributed by atoms with Gasteiger partial charge in [0.25, 0.3) is 0 Å². The second kappa shape index (κ2) is 11.8. The molecule has 0 aliphatic heterocycles. The highest BCUT2D eigenvalue weighted by Gasteiger charge is 2.20. The summed E-state index contributed by atoms with van der Waals surface area (Å²) in [6.45, 7) is 0. The monoisotopic (exact) mass is 699 g/mol. The highest BCUT2D eigenvalue weighted by molar-refractivity contribution is 6.16. The van der Waals surface area contributed by atoms with Gasteiger partial charge < -0.3 is 13.7 Å². The van der Waals surface area contributed by atoms with Crippen molar-refractivity contribution in [2.24, 2.45) is 0 Å². The largest absolute Gasteiger partial charge is 0.309 e. The lowest BCUT2D eigenvalue weighted by atomic mass is 9.99. The van der Waals surface area contributed by atoms with Gasteiger partial charge in [-0.2, -0.15) is 10.5 Å². The van der Waals surface area contributed by atoms with Crippen molar-refractivity contribution >= 4 is 65.4 Å². The molecule has 0 fully saturated rings. The molecule has 3 heterocycles. The van der Waals surface area contributed by atoms with Gasteiger partial charge >= 0.3 is 0 Å². The number of nitrogens with zero attached hydrogens (tertiary/aromatic N) is 5. The first kappa shape index (κ1) is 30.7. The maximum atomic E-state index is 10.5. The van der Waals surface area contributed by atoms with Crippen LogP contribution in [0.3, 0.4) is 0 Å². The summed E-state index contributed by atoms with van der Waals surface area (Å²) in [5.41, 5.74) is 12.7. The van der Waals surface area contributed by atoms with E-state index >= 15 is 0 Å².